The Labute approximate surface area is 143 Å². The molecule has 1 aliphatic rings. The van der Waals surface area contributed by atoms with Crippen LogP contribution in [0.3, 0.4) is 0 Å². The van der Waals surface area contributed by atoms with Gasteiger partial charge in [-0.3, -0.25) is 9.59 Å². The molecule has 2 unspecified atom stereocenters. The van der Waals surface area contributed by atoms with E-state index in [1.165, 1.54) is 11.3 Å². The van der Waals surface area contributed by atoms with Crippen molar-refractivity contribution in [3.8, 4) is 0 Å². The molecule has 0 spiro atoms. The first-order valence-corrected chi connectivity index (χ1v) is 9.42. The number of thiophene rings is 1. The van der Waals surface area contributed by atoms with E-state index in [0.29, 0.717) is 17.2 Å². The summed E-state index contributed by atoms with van der Waals surface area (Å²) < 4.78 is 5.16. The highest BCUT2D eigenvalue weighted by Crippen LogP contribution is 2.42. The smallest absolute Gasteiger partial charge is 0.265 e. The summed E-state index contributed by atoms with van der Waals surface area (Å²) in [6, 6.07) is 5.03. The van der Waals surface area contributed by atoms with Gasteiger partial charge in [0.2, 0.25) is 5.91 Å². The molecule has 23 heavy (non-hydrogen) atoms. The van der Waals surface area contributed by atoms with Crippen molar-refractivity contribution in [2.24, 2.45) is 0 Å². The summed E-state index contributed by atoms with van der Waals surface area (Å²) in [4.78, 5) is 27.7. The Balaban J connectivity index is 1.87. The lowest BCUT2D eigenvalue weighted by Gasteiger charge is -2.27. The van der Waals surface area contributed by atoms with E-state index in [1.807, 2.05) is 24.4 Å². The Morgan fingerprint density at radius 3 is 2.96 bits per heavy atom. The molecule has 0 aliphatic carbocycles. The number of hydrogen-bond donors (Lipinski definition) is 1. The first-order valence-electron chi connectivity index (χ1n) is 7.50. The van der Waals surface area contributed by atoms with Gasteiger partial charge in [0.15, 0.2) is 0 Å². The molecule has 3 heterocycles. The van der Waals surface area contributed by atoms with E-state index >= 15 is 0 Å². The van der Waals surface area contributed by atoms with E-state index in [-0.39, 0.29) is 17.2 Å². The summed E-state index contributed by atoms with van der Waals surface area (Å²) >= 11 is 2.99. The molecule has 0 saturated carbocycles. The summed E-state index contributed by atoms with van der Waals surface area (Å²) in [5, 5.41) is 4.58. The van der Waals surface area contributed by atoms with E-state index < -0.39 is 6.04 Å². The van der Waals surface area contributed by atoms with Gasteiger partial charge >= 0.3 is 0 Å². The van der Waals surface area contributed by atoms with Crippen molar-refractivity contribution in [3.05, 3.63) is 46.5 Å². The average Bonchev–Trinajstić information content (AvgIpc) is 3.32. The van der Waals surface area contributed by atoms with Crippen molar-refractivity contribution in [3.63, 3.8) is 0 Å². The van der Waals surface area contributed by atoms with Gasteiger partial charge in [0.25, 0.3) is 5.91 Å². The van der Waals surface area contributed by atoms with Crippen LogP contribution in [0.25, 0.3) is 0 Å². The quantitative estimate of drug-likeness (QED) is 0.900. The fraction of sp³-hybridized carbons (Fsp3) is 0.375. The number of furan rings is 1. The number of thioether (sulfide) groups is 1. The highest BCUT2D eigenvalue weighted by Gasteiger charge is 2.43. The lowest BCUT2D eigenvalue weighted by Crippen LogP contribution is -2.47. The second-order valence-electron chi connectivity index (χ2n) is 5.24. The van der Waals surface area contributed by atoms with Crippen LogP contribution in [-0.2, 0) is 4.79 Å². The molecule has 1 saturated heterocycles. The second kappa shape index (κ2) is 7.23. The van der Waals surface area contributed by atoms with Crippen LogP contribution < -0.4 is 5.32 Å². The standard InChI is InChI=1S/C16H18N2O3S2/c1-2-6-17-14(19)12-10-23-16(11-5-7-21-9-11)18(12)15(20)13-4-3-8-22-13/h3-5,7-9,12,16H,2,6,10H2,1H3,(H,17,19). The van der Waals surface area contributed by atoms with E-state index in [9.17, 15) is 9.59 Å². The molecular formula is C16H18N2O3S2. The zero-order valence-corrected chi connectivity index (χ0v) is 14.4. The summed E-state index contributed by atoms with van der Waals surface area (Å²) in [6.07, 6.45) is 4.10. The summed E-state index contributed by atoms with van der Waals surface area (Å²) in [7, 11) is 0. The van der Waals surface area contributed by atoms with Crippen molar-refractivity contribution in [1.29, 1.82) is 0 Å². The third-order valence-electron chi connectivity index (χ3n) is 3.65. The van der Waals surface area contributed by atoms with Crippen LogP contribution in [-0.4, -0.2) is 35.1 Å². The highest BCUT2D eigenvalue weighted by molar-refractivity contribution is 7.99. The highest BCUT2D eigenvalue weighted by atomic mass is 32.2. The molecule has 2 atom stereocenters. The minimum absolute atomic E-state index is 0.0877. The molecule has 1 fully saturated rings. The van der Waals surface area contributed by atoms with Crippen molar-refractivity contribution in [1.82, 2.24) is 10.2 Å². The predicted molar refractivity (Wildman–Crippen MR) is 91.5 cm³/mol. The Morgan fingerprint density at radius 2 is 2.30 bits per heavy atom. The monoisotopic (exact) mass is 350 g/mol. The van der Waals surface area contributed by atoms with Crippen LogP contribution in [0.1, 0.15) is 34.0 Å². The van der Waals surface area contributed by atoms with E-state index in [2.05, 4.69) is 5.32 Å². The molecular weight excluding hydrogens is 332 g/mol. The number of nitrogens with zero attached hydrogens (tertiary/aromatic N) is 1. The maximum atomic E-state index is 12.9. The van der Waals surface area contributed by atoms with Gasteiger partial charge in [-0.15, -0.1) is 23.1 Å². The fourth-order valence-corrected chi connectivity index (χ4v) is 4.60. The lowest BCUT2D eigenvalue weighted by atomic mass is 10.2. The number of carbonyl (C=O) groups excluding carboxylic acids is 2. The lowest BCUT2D eigenvalue weighted by molar-refractivity contribution is -0.124. The Kier molecular flexibility index (Phi) is 5.07. The molecule has 2 amide bonds. The third-order valence-corrected chi connectivity index (χ3v) is 5.83. The van der Waals surface area contributed by atoms with Gasteiger partial charge in [-0.2, -0.15) is 0 Å². The van der Waals surface area contributed by atoms with Crippen molar-refractivity contribution < 1.29 is 14.0 Å². The van der Waals surface area contributed by atoms with Gasteiger partial charge in [-0.1, -0.05) is 13.0 Å². The number of rotatable bonds is 5. The molecule has 0 radical (unpaired) electrons. The molecule has 122 valence electrons. The molecule has 0 bridgehead atoms. The zero-order chi connectivity index (χ0) is 16.2. The van der Waals surface area contributed by atoms with Crippen LogP contribution >= 0.6 is 23.1 Å². The molecule has 2 aromatic heterocycles. The minimum Gasteiger partial charge on any atom is -0.472 e. The first kappa shape index (κ1) is 16.1. The van der Waals surface area contributed by atoms with Crippen LogP contribution in [0.2, 0.25) is 0 Å². The van der Waals surface area contributed by atoms with Gasteiger partial charge in [0.05, 0.1) is 17.4 Å². The number of hydrogen-bond acceptors (Lipinski definition) is 5. The van der Waals surface area contributed by atoms with Gasteiger partial charge in [-0.25, -0.2) is 0 Å². The maximum absolute atomic E-state index is 12.9. The zero-order valence-electron chi connectivity index (χ0n) is 12.7. The molecule has 3 rings (SSSR count). The molecule has 5 nitrogen and oxygen atoms in total. The largest absolute Gasteiger partial charge is 0.472 e. The fourth-order valence-electron chi connectivity index (χ4n) is 2.52. The van der Waals surface area contributed by atoms with Crippen LogP contribution in [0, 0.1) is 0 Å². The summed E-state index contributed by atoms with van der Waals surface area (Å²) in [5.41, 5.74) is 0.908. The van der Waals surface area contributed by atoms with E-state index in [4.69, 9.17) is 4.42 Å². The molecule has 1 N–H and O–H groups in total. The first-order chi connectivity index (χ1) is 11.2. The van der Waals surface area contributed by atoms with Gasteiger partial charge in [0, 0.05) is 17.9 Å². The van der Waals surface area contributed by atoms with E-state index in [0.717, 1.165) is 12.0 Å². The van der Waals surface area contributed by atoms with Crippen LogP contribution in [0.15, 0.2) is 40.5 Å². The third kappa shape index (κ3) is 3.30. The molecule has 1 aliphatic heterocycles. The molecule has 2 aromatic rings. The summed E-state index contributed by atoms with van der Waals surface area (Å²) in [5.74, 6) is 0.394. The Morgan fingerprint density at radius 1 is 1.43 bits per heavy atom. The summed E-state index contributed by atoms with van der Waals surface area (Å²) in [6.45, 7) is 2.63. The molecule has 7 heteroatoms. The number of carbonyl (C=O) groups is 2. The van der Waals surface area contributed by atoms with Gasteiger partial charge in [-0.05, 0) is 23.9 Å². The van der Waals surface area contributed by atoms with Crippen LogP contribution in [0.4, 0.5) is 0 Å². The maximum Gasteiger partial charge on any atom is 0.265 e. The van der Waals surface area contributed by atoms with Crippen molar-refractivity contribution >= 4 is 34.9 Å². The number of amides is 2. The van der Waals surface area contributed by atoms with Gasteiger partial charge < -0.3 is 14.6 Å². The average molecular weight is 350 g/mol. The van der Waals surface area contributed by atoms with Crippen molar-refractivity contribution in [2.45, 2.75) is 24.8 Å². The Hall–Kier alpha value is -1.73. The topological polar surface area (TPSA) is 62.6 Å². The second-order valence-corrected chi connectivity index (χ2v) is 7.30. The normalized spacial score (nSPS) is 20.7. The number of nitrogens with one attached hydrogen (secondary N) is 1. The molecule has 0 aromatic carbocycles. The van der Waals surface area contributed by atoms with E-state index in [1.54, 1.807) is 35.3 Å². The van der Waals surface area contributed by atoms with Crippen LogP contribution in [0.5, 0.6) is 0 Å². The SMILES string of the molecule is CCCNC(=O)C1CSC(c2ccoc2)N1C(=O)c1cccs1. The van der Waals surface area contributed by atoms with Crippen molar-refractivity contribution in [2.75, 3.05) is 12.3 Å². The minimum atomic E-state index is -0.457. The predicted octanol–water partition coefficient (Wildman–Crippen LogP) is 3.12. The Bertz CT molecular complexity index is 655. The van der Waals surface area contributed by atoms with Gasteiger partial charge in [0.1, 0.15) is 11.4 Å².